The average Bonchev–Trinajstić information content (AvgIpc) is 2.99. The first-order valence-electron chi connectivity index (χ1n) is 7.12. The highest BCUT2D eigenvalue weighted by Crippen LogP contribution is 2.34. The van der Waals surface area contributed by atoms with Gasteiger partial charge in [0.2, 0.25) is 0 Å². The molecule has 0 saturated carbocycles. The standard InChI is InChI=1S/C17H9ClF4N2O2/c18-11-2-1-3-13(7-11)24-15(8-14(23-24)16(25)26)9-4-10(17(20,21)22)6-12(19)5-9/h1-8H,(H,25,26). The summed E-state index contributed by atoms with van der Waals surface area (Å²) in [5.41, 5.74) is -1.47. The van der Waals surface area contributed by atoms with Crippen molar-refractivity contribution in [1.29, 1.82) is 0 Å². The van der Waals surface area contributed by atoms with Crippen LogP contribution in [0.25, 0.3) is 16.9 Å². The number of hydrogen-bond donors (Lipinski definition) is 1. The highest BCUT2D eigenvalue weighted by Gasteiger charge is 2.32. The van der Waals surface area contributed by atoms with Crippen molar-refractivity contribution in [1.82, 2.24) is 9.78 Å². The van der Waals surface area contributed by atoms with Crippen LogP contribution in [0.5, 0.6) is 0 Å². The smallest absolute Gasteiger partial charge is 0.416 e. The lowest BCUT2D eigenvalue weighted by Crippen LogP contribution is -2.06. The third-order valence-electron chi connectivity index (χ3n) is 3.50. The zero-order valence-corrected chi connectivity index (χ0v) is 13.5. The molecule has 0 aliphatic heterocycles. The van der Waals surface area contributed by atoms with E-state index in [4.69, 9.17) is 16.7 Å². The second kappa shape index (κ2) is 6.45. The number of hydrogen-bond acceptors (Lipinski definition) is 2. The predicted molar refractivity (Wildman–Crippen MR) is 85.9 cm³/mol. The van der Waals surface area contributed by atoms with Crippen LogP contribution in [-0.4, -0.2) is 20.9 Å². The lowest BCUT2D eigenvalue weighted by atomic mass is 10.1. The van der Waals surface area contributed by atoms with Gasteiger partial charge >= 0.3 is 12.1 Å². The van der Waals surface area contributed by atoms with Crippen LogP contribution in [0.15, 0.2) is 48.5 Å². The Hall–Kier alpha value is -2.87. The quantitative estimate of drug-likeness (QED) is 0.643. The number of aromatic nitrogens is 2. The minimum atomic E-state index is -4.76. The van der Waals surface area contributed by atoms with Gasteiger partial charge in [-0.2, -0.15) is 18.3 Å². The van der Waals surface area contributed by atoms with Crippen molar-refractivity contribution in [3.63, 3.8) is 0 Å². The number of rotatable bonds is 3. The zero-order valence-electron chi connectivity index (χ0n) is 12.8. The molecule has 0 radical (unpaired) electrons. The van der Waals surface area contributed by atoms with Gasteiger partial charge in [0, 0.05) is 10.6 Å². The summed E-state index contributed by atoms with van der Waals surface area (Å²) in [5.74, 6) is -2.48. The summed E-state index contributed by atoms with van der Waals surface area (Å²) in [5, 5.41) is 13.3. The van der Waals surface area contributed by atoms with Crippen LogP contribution in [0.3, 0.4) is 0 Å². The summed E-state index contributed by atoms with van der Waals surface area (Å²) in [6.07, 6.45) is -4.76. The maximum atomic E-state index is 13.7. The summed E-state index contributed by atoms with van der Waals surface area (Å²) >= 11 is 5.91. The van der Waals surface area contributed by atoms with E-state index in [0.29, 0.717) is 16.8 Å². The van der Waals surface area contributed by atoms with Gasteiger partial charge in [0.15, 0.2) is 5.69 Å². The molecule has 26 heavy (non-hydrogen) atoms. The molecular weight excluding hydrogens is 376 g/mol. The Kier molecular flexibility index (Phi) is 4.45. The van der Waals surface area contributed by atoms with Crippen molar-refractivity contribution in [2.75, 3.05) is 0 Å². The maximum absolute atomic E-state index is 13.7. The first kappa shape index (κ1) is 17.9. The number of alkyl halides is 3. The Balaban J connectivity index is 2.25. The van der Waals surface area contributed by atoms with Gasteiger partial charge in [-0.3, -0.25) is 0 Å². The van der Waals surface area contributed by atoms with Gasteiger partial charge in [0.05, 0.1) is 16.9 Å². The molecule has 0 aliphatic rings. The molecule has 3 aromatic rings. The second-order valence-corrected chi connectivity index (χ2v) is 5.77. The number of benzene rings is 2. The van der Waals surface area contributed by atoms with Crippen LogP contribution in [0.4, 0.5) is 17.6 Å². The first-order chi connectivity index (χ1) is 12.1. The molecule has 0 atom stereocenters. The van der Waals surface area contributed by atoms with Gasteiger partial charge in [-0.15, -0.1) is 0 Å². The Morgan fingerprint density at radius 2 is 1.85 bits per heavy atom. The van der Waals surface area contributed by atoms with Crippen LogP contribution in [0.1, 0.15) is 16.1 Å². The monoisotopic (exact) mass is 384 g/mol. The molecular formula is C17H9ClF4N2O2. The summed E-state index contributed by atoms with van der Waals surface area (Å²) < 4.78 is 53.8. The van der Waals surface area contributed by atoms with Gasteiger partial charge in [-0.1, -0.05) is 17.7 Å². The Bertz CT molecular complexity index is 999. The number of halogens is 5. The van der Waals surface area contributed by atoms with E-state index in [9.17, 15) is 22.4 Å². The fraction of sp³-hybridized carbons (Fsp3) is 0.0588. The Morgan fingerprint density at radius 1 is 1.12 bits per heavy atom. The van der Waals surface area contributed by atoms with Crippen LogP contribution >= 0.6 is 11.6 Å². The third-order valence-corrected chi connectivity index (χ3v) is 3.74. The molecule has 0 amide bonds. The first-order valence-corrected chi connectivity index (χ1v) is 7.50. The van der Waals surface area contributed by atoms with Crippen molar-refractivity contribution >= 4 is 17.6 Å². The summed E-state index contributed by atoms with van der Waals surface area (Å²) in [6.45, 7) is 0. The molecule has 4 nitrogen and oxygen atoms in total. The highest BCUT2D eigenvalue weighted by atomic mass is 35.5. The number of carboxylic acid groups (broad SMARTS) is 1. The molecule has 0 unspecified atom stereocenters. The van der Waals surface area contributed by atoms with E-state index in [2.05, 4.69) is 5.10 Å². The van der Waals surface area contributed by atoms with Gasteiger partial charge < -0.3 is 5.11 Å². The van der Waals surface area contributed by atoms with Crippen molar-refractivity contribution in [3.8, 4) is 16.9 Å². The SMILES string of the molecule is O=C(O)c1cc(-c2cc(F)cc(C(F)(F)F)c2)n(-c2cccc(Cl)c2)n1. The average molecular weight is 385 g/mol. The lowest BCUT2D eigenvalue weighted by molar-refractivity contribution is -0.137. The summed E-state index contributed by atoms with van der Waals surface area (Å²) in [7, 11) is 0. The number of nitrogens with zero attached hydrogens (tertiary/aromatic N) is 2. The molecule has 2 aromatic carbocycles. The third kappa shape index (κ3) is 3.55. The molecule has 1 N–H and O–H groups in total. The van der Waals surface area contributed by atoms with Crippen LogP contribution in [-0.2, 0) is 6.18 Å². The van der Waals surface area contributed by atoms with Crippen LogP contribution < -0.4 is 0 Å². The van der Waals surface area contributed by atoms with E-state index >= 15 is 0 Å². The van der Waals surface area contributed by atoms with E-state index in [-0.39, 0.29) is 11.3 Å². The normalized spacial score (nSPS) is 11.6. The van der Waals surface area contributed by atoms with Crippen molar-refractivity contribution < 1.29 is 27.5 Å². The fourth-order valence-corrected chi connectivity index (χ4v) is 2.58. The minimum absolute atomic E-state index is 0.0188. The molecule has 1 aromatic heterocycles. The van der Waals surface area contributed by atoms with Crippen LogP contribution in [0.2, 0.25) is 5.02 Å². The summed E-state index contributed by atoms with van der Waals surface area (Å²) in [4.78, 5) is 11.2. The molecule has 0 bridgehead atoms. The molecule has 0 fully saturated rings. The molecule has 0 saturated heterocycles. The molecule has 0 aliphatic carbocycles. The van der Waals surface area contributed by atoms with Crippen molar-refractivity contribution in [2.45, 2.75) is 6.18 Å². The second-order valence-electron chi connectivity index (χ2n) is 5.34. The van der Waals surface area contributed by atoms with Gasteiger partial charge in [0.25, 0.3) is 0 Å². The number of carbonyl (C=O) groups is 1. The lowest BCUT2D eigenvalue weighted by Gasteiger charge is -2.11. The summed E-state index contributed by atoms with van der Waals surface area (Å²) in [6, 6.07) is 9.16. The van der Waals surface area contributed by atoms with E-state index in [1.807, 2.05) is 0 Å². The minimum Gasteiger partial charge on any atom is -0.476 e. The van der Waals surface area contributed by atoms with E-state index in [0.717, 1.165) is 22.9 Å². The Labute approximate surface area is 149 Å². The van der Waals surface area contributed by atoms with E-state index in [1.165, 1.54) is 12.1 Å². The van der Waals surface area contributed by atoms with Gasteiger partial charge in [-0.25, -0.2) is 13.9 Å². The number of carboxylic acids is 1. The van der Waals surface area contributed by atoms with Gasteiger partial charge in [0.1, 0.15) is 5.82 Å². The largest absolute Gasteiger partial charge is 0.476 e. The van der Waals surface area contributed by atoms with Crippen LogP contribution in [0, 0.1) is 5.82 Å². The van der Waals surface area contributed by atoms with Gasteiger partial charge in [-0.05, 0) is 42.5 Å². The molecule has 1 heterocycles. The number of aromatic carboxylic acids is 1. The molecule has 0 spiro atoms. The van der Waals surface area contributed by atoms with Crippen molar-refractivity contribution in [3.05, 3.63) is 70.6 Å². The predicted octanol–water partition coefficient (Wildman–Crippen LogP) is 5.05. The fourth-order valence-electron chi connectivity index (χ4n) is 2.40. The van der Waals surface area contributed by atoms with Crippen molar-refractivity contribution in [2.24, 2.45) is 0 Å². The maximum Gasteiger partial charge on any atom is 0.416 e. The molecule has 9 heteroatoms. The Morgan fingerprint density at radius 3 is 2.46 bits per heavy atom. The highest BCUT2D eigenvalue weighted by molar-refractivity contribution is 6.30. The van der Waals surface area contributed by atoms with E-state index in [1.54, 1.807) is 12.1 Å². The zero-order chi connectivity index (χ0) is 19.1. The molecule has 134 valence electrons. The molecule has 3 rings (SSSR count). The van der Waals surface area contributed by atoms with E-state index < -0.39 is 29.2 Å². The topological polar surface area (TPSA) is 55.1 Å².